The summed E-state index contributed by atoms with van der Waals surface area (Å²) in [5.74, 6) is 1.57. The molecule has 1 amide bonds. The lowest BCUT2D eigenvalue weighted by atomic mass is 9.81. The minimum absolute atomic E-state index is 0.0117. The molecule has 3 N–H and O–H groups in total. The van der Waals surface area contributed by atoms with Gasteiger partial charge in [0.15, 0.2) is 0 Å². The third-order valence-electron chi connectivity index (χ3n) is 4.27. The van der Waals surface area contributed by atoms with E-state index >= 15 is 0 Å². The Bertz CT molecular complexity index is 405. The third-order valence-corrected chi connectivity index (χ3v) is 4.27. The first kappa shape index (κ1) is 13.9. The Morgan fingerprint density at radius 2 is 1.74 bits per heavy atom. The highest BCUT2D eigenvalue weighted by Crippen LogP contribution is 2.30. The molecule has 1 aliphatic rings. The summed E-state index contributed by atoms with van der Waals surface area (Å²) >= 11 is 0. The molecule has 3 heteroatoms. The van der Waals surface area contributed by atoms with Crippen LogP contribution < -0.4 is 11.1 Å². The lowest BCUT2D eigenvalue weighted by Crippen LogP contribution is -2.31. The Kier molecular flexibility index (Phi) is 4.83. The molecular formula is C16H24N2O. The SMILES string of the molecule is CCC1CCC(CNC(=O)c2ccc(N)cc2)CC1. The average molecular weight is 260 g/mol. The van der Waals surface area contributed by atoms with Crippen molar-refractivity contribution < 1.29 is 4.79 Å². The van der Waals surface area contributed by atoms with Crippen LogP contribution in [-0.2, 0) is 0 Å². The number of benzene rings is 1. The van der Waals surface area contributed by atoms with Crippen LogP contribution in [0.25, 0.3) is 0 Å². The van der Waals surface area contributed by atoms with E-state index in [1.54, 1.807) is 24.3 Å². The molecule has 1 aliphatic carbocycles. The second-order valence-corrected chi connectivity index (χ2v) is 5.63. The van der Waals surface area contributed by atoms with E-state index in [4.69, 9.17) is 5.73 Å². The molecule has 0 atom stereocenters. The van der Waals surface area contributed by atoms with Gasteiger partial charge < -0.3 is 11.1 Å². The fourth-order valence-electron chi connectivity index (χ4n) is 2.82. The van der Waals surface area contributed by atoms with Gasteiger partial charge in [0.1, 0.15) is 0 Å². The average Bonchev–Trinajstić information content (AvgIpc) is 2.46. The number of rotatable bonds is 4. The molecule has 1 aromatic rings. The number of anilines is 1. The van der Waals surface area contributed by atoms with Crippen molar-refractivity contribution >= 4 is 11.6 Å². The van der Waals surface area contributed by atoms with Crippen LogP contribution in [-0.4, -0.2) is 12.5 Å². The van der Waals surface area contributed by atoms with E-state index in [1.807, 2.05) is 0 Å². The number of carbonyl (C=O) groups excluding carboxylic acids is 1. The quantitative estimate of drug-likeness (QED) is 0.817. The summed E-state index contributed by atoms with van der Waals surface area (Å²) in [6, 6.07) is 7.08. The van der Waals surface area contributed by atoms with Gasteiger partial charge in [0.2, 0.25) is 0 Å². The van der Waals surface area contributed by atoms with Crippen molar-refractivity contribution in [1.82, 2.24) is 5.32 Å². The maximum absolute atomic E-state index is 12.0. The van der Waals surface area contributed by atoms with Crippen LogP contribution in [0.15, 0.2) is 24.3 Å². The molecule has 0 unspecified atom stereocenters. The Morgan fingerprint density at radius 1 is 1.16 bits per heavy atom. The van der Waals surface area contributed by atoms with Gasteiger partial charge in [0.05, 0.1) is 0 Å². The first-order valence-corrected chi connectivity index (χ1v) is 7.32. The first-order chi connectivity index (χ1) is 9.19. The van der Waals surface area contributed by atoms with E-state index in [9.17, 15) is 4.79 Å². The zero-order chi connectivity index (χ0) is 13.7. The van der Waals surface area contributed by atoms with Crippen molar-refractivity contribution in [3.8, 4) is 0 Å². The number of nitrogens with one attached hydrogen (secondary N) is 1. The summed E-state index contributed by atoms with van der Waals surface area (Å²) in [6.45, 7) is 3.08. The maximum Gasteiger partial charge on any atom is 0.251 e. The molecule has 1 aromatic carbocycles. The second kappa shape index (κ2) is 6.60. The highest BCUT2D eigenvalue weighted by Gasteiger charge is 2.20. The largest absolute Gasteiger partial charge is 0.399 e. The van der Waals surface area contributed by atoms with Gasteiger partial charge in [0.25, 0.3) is 5.91 Å². The third kappa shape index (κ3) is 3.98. The second-order valence-electron chi connectivity index (χ2n) is 5.63. The number of nitrogen functional groups attached to an aromatic ring is 1. The Hall–Kier alpha value is -1.51. The number of amides is 1. The first-order valence-electron chi connectivity index (χ1n) is 7.32. The molecule has 3 nitrogen and oxygen atoms in total. The fourth-order valence-corrected chi connectivity index (χ4v) is 2.82. The molecule has 0 aromatic heterocycles. The zero-order valence-electron chi connectivity index (χ0n) is 11.7. The van der Waals surface area contributed by atoms with Gasteiger partial charge in [-0.05, 0) is 48.9 Å². The molecular weight excluding hydrogens is 236 g/mol. The molecule has 1 saturated carbocycles. The van der Waals surface area contributed by atoms with Gasteiger partial charge in [-0.2, -0.15) is 0 Å². The van der Waals surface area contributed by atoms with Crippen LogP contribution in [0.2, 0.25) is 0 Å². The zero-order valence-corrected chi connectivity index (χ0v) is 11.7. The van der Waals surface area contributed by atoms with E-state index < -0.39 is 0 Å². The number of carbonyl (C=O) groups is 1. The standard InChI is InChI=1S/C16H24N2O/c1-2-12-3-5-13(6-4-12)11-18-16(19)14-7-9-15(17)10-8-14/h7-10,12-13H,2-6,11,17H2,1H3,(H,18,19). The molecule has 2 rings (SSSR count). The van der Waals surface area contributed by atoms with Crippen LogP contribution in [0.5, 0.6) is 0 Å². The monoisotopic (exact) mass is 260 g/mol. The number of hydrogen-bond donors (Lipinski definition) is 2. The van der Waals surface area contributed by atoms with Gasteiger partial charge in [-0.3, -0.25) is 4.79 Å². The molecule has 0 aliphatic heterocycles. The predicted octanol–water partition coefficient (Wildman–Crippen LogP) is 3.22. The van der Waals surface area contributed by atoms with Crippen molar-refractivity contribution in [2.24, 2.45) is 11.8 Å². The summed E-state index contributed by atoms with van der Waals surface area (Å²) in [6.07, 6.45) is 6.43. The van der Waals surface area contributed by atoms with E-state index in [1.165, 1.54) is 32.1 Å². The minimum Gasteiger partial charge on any atom is -0.399 e. The topological polar surface area (TPSA) is 55.1 Å². The van der Waals surface area contributed by atoms with Crippen LogP contribution >= 0.6 is 0 Å². The Balaban J connectivity index is 1.76. The van der Waals surface area contributed by atoms with E-state index in [0.29, 0.717) is 17.2 Å². The summed E-state index contributed by atoms with van der Waals surface area (Å²) < 4.78 is 0. The highest BCUT2D eigenvalue weighted by molar-refractivity contribution is 5.94. The van der Waals surface area contributed by atoms with E-state index in [-0.39, 0.29) is 5.91 Å². The van der Waals surface area contributed by atoms with Crippen molar-refractivity contribution in [3.63, 3.8) is 0 Å². The van der Waals surface area contributed by atoms with Crippen molar-refractivity contribution in [1.29, 1.82) is 0 Å². The Labute approximate surface area is 115 Å². The lowest BCUT2D eigenvalue weighted by Gasteiger charge is -2.27. The molecule has 0 spiro atoms. The molecule has 0 saturated heterocycles. The van der Waals surface area contributed by atoms with Crippen molar-refractivity contribution in [2.45, 2.75) is 39.0 Å². The van der Waals surface area contributed by atoms with Crippen LogP contribution in [0.3, 0.4) is 0 Å². The van der Waals surface area contributed by atoms with Gasteiger partial charge in [-0.15, -0.1) is 0 Å². The maximum atomic E-state index is 12.0. The molecule has 19 heavy (non-hydrogen) atoms. The fraction of sp³-hybridized carbons (Fsp3) is 0.562. The number of nitrogens with two attached hydrogens (primary N) is 1. The summed E-state index contributed by atoms with van der Waals surface area (Å²) in [7, 11) is 0. The smallest absolute Gasteiger partial charge is 0.251 e. The predicted molar refractivity (Wildman–Crippen MR) is 78.9 cm³/mol. The van der Waals surface area contributed by atoms with Crippen LogP contribution in [0, 0.1) is 11.8 Å². The molecule has 0 radical (unpaired) electrons. The van der Waals surface area contributed by atoms with Gasteiger partial charge in [-0.1, -0.05) is 26.2 Å². The van der Waals surface area contributed by atoms with Gasteiger partial charge in [-0.25, -0.2) is 0 Å². The molecule has 0 heterocycles. The molecule has 1 fully saturated rings. The molecule has 0 bridgehead atoms. The van der Waals surface area contributed by atoms with E-state index in [0.717, 1.165) is 12.5 Å². The normalized spacial score (nSPS) is 23.0. The van der Waals surface area contributed by atoms with Crippen molar-refractivity contribution in [3.05, 3.63) is 29.8 Å². The van der Waals surface area contributed by atoms with Crippen LogP contribution in [0.1, 0.15) is 49.4 Å². The summed E-state index contributed by atoms with van der Waals surface area (Å²) in [5.41, 5.74) is 6.99. The minimum atomic E-state index is 0.0117. The molecule has 104 valence electrons. The van der Waals surface area contributed by atoms with Gasteiger partial charge in [0, 0.05) is 17.8 Å². The van der Waals surface area contributed by atoms with Crippen molar-refractivity contribution in [2.75, 3.05) is 12.3 Å². The Morgan fingerprint density at radius 3 is 2.32 bits per heavy atom. The number of hydrogen-bond acceptors (Lipinski definition) is 2. The highest BCUT2D eigenvalue weighted by atomic mass is 16.1. The van der Waals surface area contributed by atoms with Crippen LogP contribution in [0.4, 0.5) is 5.69 Å². The van der Waals surface area contributed by atoms with Gasteiger partial charge >= 0.3 is 0 Å². The van der Waals surface area contributed by atoms with E-state index in [2.05, 4.69) is 12.2 Å². The summed E-state index contributed by atoms with van der Waals surface area (Å²) in [5, 5.41) is 3.04. The summed E-state index contributed by atoms with van der Waals surface area (Å²) in [4.78, 5) is 12.0. The lowest BCUT2D eigenvalue weighted by molar-refractivity contribution is 0.0941.